The third-order valence-corrected chi connectivity index (χ3v) is 4.68. The Morgan fingerprint density at radius 2 is 2.03 bits per heavy atom. The number of carbonyl (C=O) groups excluding carboxylic acids is 1. The number of para-hydroxylation sites is 1. The molecule has 0 bridgehead atoms. The van der Waals surface area contributed by atoms with Gasteiger partial charge in [-0.3, -0.25) is 19.1 Å². The average Bonchev–Trinajstić information content (AvgIpc) is 3.23. The lowest BCUT2D eigenvalue weighted by Gasteiger charge is -2.01. The summed E-state index contributed by atoms with van der Waals surface area (Å²) in [5.74, 6) is -0.727. The highest BCUT2D eigenvalue weighted by Gasteiger charge is 2.17. The summed E-state index contributed by atoms with van der Waals surface area (Å²) >= 11 is 0. The van der Waals surface area contributed by atoms with Crippen molar-refractivity contribution in [2.24, 2.45) is 17.3 Å². The first-order valence-corrected chi connectivity index (χ1v) is 8.81. The number of H-pyrrole nitrogens is 1. The summed E-state index contributed by atoms with van der Waals surface area (Å²) < 4.78 is 4.14. The topological polar surface area (TPSA) is 140 Å². The molecule has 2 N–H and O–H groups in total. The zero-order chi connectivity index (χ0) is 20.7. The van der Waals surface area contributed by atoms with E-state index in [1.54, 1.807) is 16.7 Å². The fraction of sp³-hybridized carbons (Fsp3) is 0.222. The van der Waals surface area contributed by atoms with Crippen LogP contribution in [0.25, 0.3) is 22.1 Å². The number of aromatic nitrogens is 5. The van der Waals surface area contributed by atoms with Crippen LogP contribution in [0.2, 0.25) is 0 Å². The van der Waals surface area contributed by atoms with Gasteiger partial charge in [0.15, 0.2) is 16.9 Å². The van der Waals surface area contributed by atoms with E-state index in [0.717, 1.165) is 5.52 Å². The minimum Gasteiger partial charge on any atom is -0.493 e. The Labute approximate surface area is 162 Å². The molecule has 11 nitrogen and oxygen atoms in total. The van der Waals surface area contributed by atoms with Crippen LogP contribution in [0.15, 0.2) is 50.4 Å². The number of fused-ring (bicyclic) bond motifs is 2. The number of rotatable bonds is 4. The first kappa shape index (κ1) is 18.3. The molecule has 0 saturated carbocycles. The number of aromatic amines is 1. The van der Waals surface area contributed by atoms with Crippen LogP contribution in [0.4, 0.5) is 5.69 Å². The van der Waals surface area contributed by atoms with Crippen LogP contribution < -0.4 is 11.2 Å². The zero-order valence-electron chi connectivity index (χ0n) is 15.7. The van der Waals surface area contributed by atoms with Crippen LogP contribution >= 0.6 is 0 Å². The quantitative estimate of drug-likeness (QED) is 0.503. The lowest BCUT2D eigenvalue weighted by atomic mass is 10.2. The fourth-order valence-electron chi connectivity index (χ4n) is 3.28. The van der Waals surface area contributed by atoms with Gasteiger partial charge in [0.25, 0.3) is 11.5 Å². The van der Waals surface area contributed by atoms with Crippen molar-refractivity contribution < 1.29 is 9.90 Å². The molecule has 0 spiro atoms. The fourth-order valence-corrected chi connectivity index (χ4v) is 3.28. The molecule has 3 heterocycles. The van der Waals surface area contributed by atoms with Crippen molar-refractivity contribution in [3.63, 3.8) is 0 Å². The Kier molecular flexibility index (Phi) is 4.34. The molecule has 0 aliphatic carbocycles. The maximum absolute atomic E-state index is 12.3. The van der Waals surface area contributed by atoms with Crippen LogP contribution in [-0.4, -0.2) is 34.7 Å². The molecule has 4 rings (SSSR count). The lowest BCUT2D eigenvalue weighted by Crippen LogP contribution is -2.29. The molecule has 0 saturated heterocycles. The Morgan fingerprint density at radius 1 is 1.28 bits per heavy atom. The van der Waals surface area contributed by atoms with Crippen LogP contribution in [0, 0.1) is 0 Å². The maximum atomic E-state index is 12.3. The Balaban J connectivity index is 1.68. The Morgan fingerprint density at radius 3 is 2.79 bits per heavy atom. The van der Waals surface area contributed by atoms with E-state index in [-0.39, 0.29) is 29.3 Å². The molecule has 1 aromatic carbocycles. The molecule has 0 atom stereocenters. The molecule has 0 radical (unpaired) electrons. The molecular formula is C18H17N7O4. The number of carbonyl (C=O) groups is 1. The van der Waals surface area contributed by atoms with Crippen molar-refractivity contribution in [3.8, 4) is 5.88 Å². The van der Waals surface area contributed by atoms with E-state index < -0.39 is 17.2 Å². The van der Waals surface area contributed by atoms with Crippen LogP contribution in [-0.2, 0) is 24.9 Å². The first-order chi connectivity index (χ1) is 13.9. The van der Waals surface area contributed by atoms with Crippen molar-refractivity contribution in [1.29, 1.82) is 0 Å². The molecule has 11 heteroatoms. The standard InChI is InChI=1S/C18H17N7O4/c1-3-25-11-7-5-4-6-10(11)13(17(25)28)22-21-12(26)8-24-9-19-15-14(24)16(27)20-18(29)23(15)2/h4-7,9,28H,3,8H2,1-2H3,(H,20,27,29). The normalized spacial score (nSPS) is 11.8. The van der Waals surface area contributed by atoms with E-state index in [2.05, 4.69) is 20.2 Å². The second-order valence-electron chi connectivity index (χ2n) is 6.39. The smallest absolute Gasteiger partial charge is 0.329 e. The summed E-state index contributed by atoms with van der Waals surface area (Å²) in [5.41, 5.74) is -0.0164. The van der Waals surface area contributed by atoms with Gasteiger partial charge in [-0.05, 0) is 13.0 Å². The molecule has 0 fully saturated rings. The molecule has 0 unspecified atom stereocenters. The average molecular weight is 395 g/mol. The molecule has 29 heavy (non-hydrogen) atoms. The van der Waals surface area contributed by atoms with Crippen LogP contribution in [0.3, 0.4) is 0 Å². The van der Waals surface area contributed by atoms with Crippen molar-refractivity contribution >= 4 is 33.7 Å². The molecule has 0 aliphatic heterocycles. The van der Waals surface area contributed by atoms with Gasteiger partial charge in [-0.15, -0.1) is 10.2 Å². The van der Waals surface area contributed by atoms with Gasteiger partial charge in [0, 0.05) is 19.0 Å². The third kappa shape index (κ3) is 2.92. The number of imidazole rings is 1. The summed E-state index contributed by atoms with van der Waals surface area (Å²) in [5, 5.41) is 18.7. The van der Waals surface area contributed by atoms with Gasteiger partial charge in [0.1, 0.15) is 6.54 Å². The van der Waals surface area contributed by atoms with Gasteiger partial charge in [0.05, 0.1) is 11.8 Å². The zero-order valence-corrected chi connectivity index (χ0v) is 15.7. The Bertz CT molecular complexity index is 1400. The summed E-state index contributed by atoms with van der Waals surface area (Å²) in [4.78, 5) is 42.3. The Hall–Kier alpha value is -4.02. The second kappa shape index (κ2) is 6.86. The van der Waals surface area contributed by atoms with Crippen molar-refractivity contribution in [2.45, 2.75) is 20.0 Å². The van der Waals surface area contributed by atoms with Crippen molar-refractivity contribution in [2.75, 3.05) is 0 Å². The minimum absolute atomic E-state index is 0.0789. The molecular weight excluding hydrogens is 378 g/mol. The SMILES string of the molecule is CCn1c(O)c(N=NC(=O)Cn2cnc3c2c(=O)[nH]c(=O)n3C)c2ccccc21. The van der Waals surface area contributed by atoms with E-state index in [9.17, 15) is 19.5 Å². The maximum Gasteiger partial charge on any atom is 0.329 e. The van der Waals surface area contributed by atoms with E-state index >= 15 is 0 Å². The van der Waals surface area contributed by atoms with Gasteiger partial charge in [0.2, 0.25) is 5.88 Å². The van der Waals surface area contributed by atoms with Gasteiger partial charge >= 0.3 is 5.69 Å². The summed E-state index contributed by atoms with van der Waals surface area (Å²) in [7, 11) is 1.46. The summed E-state index contributed by atoms with van der Waals surface area (Å²) in [6, 6.07) is 7.27. The highest BCUT2D eigenvalue weighted by molar-refractivity contribution is 5.95. The lowest BCUT2D eigenvalue weighted by molar-refractivity contribution is -0.118. The predicted molar refractivity (Wildman–Crippen MR) is 104 cm³/mol. The van der Waals surface area contributed by atoms with Crippen LogP contribution in [0.1, 0.15) is 6.92 Å². The summed E-state index contributed by atoms with van der Waals surface area (Å²) in [6.45, 7) is 2.11. The van der Waals surface area contributed by atoms with Gasteiger partial charge in [-0.2, -0.15) is 0 Å². The number of nitrogens with zero attached hydrogens (tertiary/aromatic N) is 6. The molecule has 3 aromatic heterocycles. The van der Waals surface area contributed by atoms with Gasteiger partial charge in [-0.1, -0.05) is 18.2 Å². The number of hydrogen-bond donors (Lipinski definition) is 2. The van der Waals surface area contributed by atoms with E-state index in [4.69, 9.17) is 0 Å². The van der Waals surface area contributed by atoms with E-state index in [1.807, 2.05) is 19.1 Å². The number of amides is 1. The number of hydrogen-bond acceptors (Lipinski definition) is 6. The van der Waals surface area contributed by atoms with Gasteiger partial charge < -0.3 is 14.2 Å². The number of azo groups is 1. The monoisotopic (exact) mass is 395 g/mol. The molecule has 0 aliphatic rings. The molecule has 148 valence electrons. The first-order valence-electron chi connectivity index (χ1n) is 8.81. The van der Waals surface area contributed by atoms with Crippen molar-refractivity contribution in [1.82, 2.24) is 23.7 Å². The number of aromatic hydroxyl groups is 1. The third-order valence-electron chi connectivity index (χ3n) is 4.68. The highest BCUT2D eigenvalue weighted by Crippen LogP contribution is 2.38. The van der Waals surface area contributed by atoms with E-state index in [0.29, 0.717) is 11.9 Å². The van der Waals surface area contributed by atoms with E-state index in [1.165, 1.54) is 22.5 Å². The number of benzene rings is 1. The molecule has 4 aromatic rings. The number of nitrogens with one attached hydrogen (secondary N) is 1. The van der Waals surface area contributed by atoms with Crippen molar-refractivity contribution in [3.05, 3.63) is 51.4 Å². The largest absolute Gasteiger partial charge is 0.493 e. The second-order valence-corrected chi connectivity index (χ2v) is 6.39. The minimum atomic E-state index is -0.648. The van der Waals surface area contributed by atoms with Crippen LogP contribution in [0.5, 0.6) is 5.88 Å². The van der Waals surface area contributed by atoms with Gasteiger partial charge in [-0.25, -0.2) is 9.78 Å². The summed E-state index contributed by atoms with van der Waals surface area (Å²) in [6.07, 6.45) is 1.28. The highest BCUT2D eigenvalue weighted by atomic mass is 16.3. The molecule has 1 amide bonds. The number of aryl methyl sites for hydroxylation is 2. The predicted octanol–water partition coefficient (Wildman–Crippen LogP) is 1.41.